The second kappa shape index (κ2) is 3.53. The normalized spacial score (nSPS) is 37.4. The van der Waals surface area contributed by atoms with Gasteiger partial charge in [-0.3, -0.25) is 9.59 Å². The molecule has 2 aliphatic heterocycles. The first-order chi connectivity index (χ1) is 6.65. The van der Waals surface area contributed by atoms with Gasteiger partial charge >= 0.3 is 5.97 Å². The summed E-state index contributed by atoms with van der Waals surface area (Å²) in [5, 5.41) is 0. The number of rotatable bonds is 0. The highest BCUT2D eigenvalue weighted by atomic mass is 16.6. The largest absolute Gasteiger partial charge is 0.462 e. The average molecular weight is 196 g/mol. The van der Waals surface area contributed by atoms with Crippen LogP contribution in [0, 0.1) is 0 Å². The van der Waals surface area contributed by atoms with Gasteiger partial charge in [0, 0.05) is 6.42 Å². The molecule has 0 amide bonds. The van der Waals surface area contributed by atoms with E-state index in [0.29, 0.717) is 6.42 Å². The van der Waals surface area contributed by atoms with E-state index in [9.17, 15) is 9.59 Å². The van der Waals surface area contributed by atoms with Crippen molar-refractivity contribution in [2.24, 2.45) is 0 Å². The zero-order valence-corrected chi connectivity index (χ0v) is 7.93. The van der Waals surface area contributed by atoms with E-state index < -0.39 is 5.97 Å². The highest BCUT2D eigenvalue weighted by molar-refractivity contribution is 6.02. The summed E-state index contributed by atoms with van der Waals surface area (Å²) in [5.41, 5.74) is 0. The van der Waals surface area contributed by atoms with E-state index in [4.69, 9.17) is 9.47 Å². The number of hydrogen-bond acceptors (Lipinski definition) is 4. The monoisotopic (exact) mass is 196 g/mol. The maximum atomic E-state index is 11.1. The summed E-state index contributed by atoms with van der Waals surface area (Å²) in [6, 6.07) is 0. The van der Waals surface area contributed by atoms with Crippen molar-refractivity contribution >= 4 is 11.8 Å². The van der Waals surface area contributed by atoms with Gasteiger partial charge in [0.05, 0.1) is 6.10 Å². The number of allylic oxidation sites excluding steroid dienone is 1. The van der Waals surface area contributed by atoms with E-state index in [0.717, 1.165) is 0 Å². The fourth-order valence-corrected chi connectivity index (χ4v) is 1.56. The predicted octanol–water partition coefficient (Wildman–Crippen LogP) is 0.605. The standard InChI is InChI=1S/C10H12O4/c1-6-4-9-8(14-9)3-2-7(11)5-10(12)13-6/h2-3,6,8-9H,4-5H2,1H3. The molecule has 0 aromatic rings. The first kappa shape index (κ1) is 9.40. The molecule has 14 heavy (non-hydrogen) atoms. The fourth-order valence-electron chi connectivity index (χ4n) is 1.56. The highest BCUT2D eigenvalue weighted by Crippen LogP contribution is 2.29. The molecule has 0 saturated carbocycles. The highest BCUT2D eigenvalue weighted by Gasteiger charge is 2.38. The first-order valence-corrected chi connectivity index (χ1v) is 4.71. The van der Waals surface area contributed by atoms with Crippen molar-refractivity contribution in [3.05, 3.63) is 12.2 Å². The lowest BCUT2D eigenvalue weighted by molar-refractivity contribution is -0.149. The molecular weight excluding hydrogens is 184 g/mol. The Hall–Kier alpha value is -1.16. The van der Waals surface area contributed by atoms with Crippen LogP contribution < -0.4 is 0 Å². The molecule has 3 unspecified atom stereocenters. The molecule has 0 radical (unpaired) electrons. The second-order valence-electron chi connectivity index (χ2n) is 3.68. The molecule has 0 aromatic carbocycles. The molecule has 2 aliphatic rings. The van der Waals surface area contributed by atoms with Gasteiger partial charge < -0.3 is 9.47 Å². The lowest BCUT2D eigenvalue weighted by atomic mass is 10.1. The molecule has 0 N–H and O–H groups in total. The maximum Gasteiger partial charge on any atom is 0.313 e. The lowest BCUT2D eigenvalue weighted by Crippen LogP contribution is -2.20. The van der Waals surface area contributed by atoms with Crippen LogP contribution in [-0.4, -0.2) is 30.1 Å². The summed E-state index contributed by atoms with van der Waals surface area (Å²) in [4.78, 5) is 22.3. The van der Waals surface area contributed by atoms with Crippen molar-refractivity contribution in [2.75, 3.05) is 0 Å². The number of carbonyl (C=O) groups is 2. The van der Waals surface area contributed by atoms with Gasteiger partial charge in [0.15, 0.2) is 5.78 Å². The Morgan fingerprint density at radius 3 is 3.00 bits per heavy atom. The molecule has 76 valence electrons. The van der Waals surface area contributed by atoms with Crippen LogP contribution in [0.3, 0.4) is 0 Å². The molecule has 0 aliphatic carbocycles. The summed E-state index contributed by atoms with van der Waals surface area (Å²) in [6.45, 7) is 1.81. The quantitative estimate of drug-likeness (QED) is 0.323. The molecule has 1 saturated heterocycles. The minimum Gasteiger partial charge on any atom is -0.462 e. The molecule has 4 nitrogen and oxygen atoms in total. The number of esters is 1. The van der Waals surface area contributed by atoms with Crippen LogP contribution in [0.25, 0.3) is 0 Å². The Morgan fingerprint density at radius 2 is 2.21 bits per heavy atom. The molecule has 3 atom stereocenters. The topological polar surface area (TPSA) is 55.9 Å². The number of epoxide rings is 1. The van der Waals surface area contributed by atoms with E-state index in [1.807, 2.05) is 6.92 Å². The van der Waals surface area contributed by atoms with Crippen molar-refractivity contribution in [3.63, 3.8) is 0 Å². The third kappa shape index (κ3) is 2.20. The number of cyclic esters (lactones) is 1. The smallest absolute Gasteiger partial charge is 0.313 e. The Balaban J connectivity index is 2.05. The van der Waals surface area contributed by atoms with E-state index in [1.54, 1.807) is 6.08 Å². The van der Waals surface area contributed by atoms with Crippen LogP contribution in [0.15, 0.2) is 12.2 Å². The average Bonchev–Trinajstić information content (AvgIpc) is 2.78. The van der Waals surface area contributed by atoms with Gasteiger partial charge in [0.2, 0.25) is 0 Å². The number of carbonyl (C=O) groups excluding carboxylic acids is 2. The van der Waals surface area contributed by atoms with Gasteiger partial charge in [0.1, 0.15) is 18.6 Å². The van der Waals surface area contributed by atoms with Gasteiger partial charge in [-0.1, -0.05) is 0 Å². The maximum absolute atomic E-state index is 11.1. The minimum absolute atomic E-state index is 0.0400. The number of hydrogen-bond donors (Lipinski definition) is 0. The van der Waals surface area contributed by atoms with E-state index in [1.165, 1.54) is 6.08 Å². The summed E-state index contributed by atoms with van der Waals surface area (Å²) in [5.74, 6) is -0.676. The molecule has 4 heteroatoms. The fraction of sp³-hybridized carbons (Fsp3) is 0.600. The summed E-state index contributed by atoms with van der Waals surface area (Å²) in [7, 11) is 0. The van der Waals surface area contributed by atoms with Crippen LogP contribution in [0.5, 0.6) is 0 Å². The van der Waals surface area contributed by atoms with E-state index in [2.05, 4.69) is 0 Å². The van der Waals surface area contributed by atoms with Crippen LogP contribution >= 0.6 is 0 Å². The Labute approximate surface area is 81.9 Å². The van der Waals surface area contributed by atoms with Crippen LogP contribution in [0.2, 0.25) is 0 Å². The van der Waals surface area contributed by atoms with Crippen LogP contribution in [-0.2, 0) is 19.1 Å². The molecule has 2 heterocycles. The number of ether oxygens (including phenoxy) is 2. The Bertz CT molecular complexity index is 294. The minimum atomic E-state index is -0.453. The molecular formula is C10H12O4. The Kier molecular flexibility index (Phi) is 2.37. The number of fused-ring (bicyclic) bond motifs is 1. The Morgan fingerprint density at radius 1 is 1.43 bits per heavy atom. The van der Waals surface area contributed by atoms with E-state index >= 15 is 0 Å². The first-order valence-electron chi connectivity index (χ1n) is 4.71. The second-order valence-corrected chi connectivity index (χ2v) is 3.68. The third-order valence-corrected chi connectivity index (χ3v) is 2.31. The molecule has 1 fully saturated rings. The van der Waals surface area contributed by atoms with Crippen molar-refractivity contribution in [3.8, 4) is 0 Å². The van der Waals surface area contributed by atoms with Crippen LogP contribution in [0.1, 0.15) is 19.8 Å². The van der Waals surface area contributed by atoms with E-state index in [-0.39, 0.29) is 30.5 Å². The predicted molar refractivity (Wildman–Crippen MR) is 47.6 cm³/mol. The summed E-state index contributed by atoms with van der Waals surface area (Å²) in [6.07, 6.45) is 3.64. The van der Waals surface area contributed by atoms with Gasteiger partial charge in [-0.15, -0.1) is 0 Å². The molecule has 0 aromatic heterocycles. The SMILES string of the molecule is CC1CC2OC2C=CC(=O)CC(=O)O1. The summed E-state index contributed by atoms with van der Waals surface area (Å²) < 4.78 is 10.3. The lowest BCUT2D eigenvalue weighted by Gasteiger charge is -2.11. The zero-order chi connectivity index (χ0) is 10.1. The number of ketones is 1. The van der Waals surface area contributed by atoms with Gasteiger partial charge in [-0.05, 0) is 19.1 Å². The van der Waals surface area contributed by atoms with Gasteiger partial charge in [0.25, 0.3) is 0 Å². The van der Waals surface area contributed by atoms with Crippen molar-refractivity contribution in [2.45, 2.75) is 38.1 Å². The molecule has 0 bridgehead atoms. The van der Waals surface area contributed by atoms with Gasteiger partial charge in [-0.2, -0.15) is 0 Å². The zero-order valence-electron chi connectivity index (χ0n) is 7.93. The van der Waals surface area contributed by atoms with Crippen molar-refractivity contribution in [1.82, 2.24) is 0 Å². The van der Waals surface area contributed by atoms with Crippen LogP contribution in [0.4, 0.5) is 0 Å². The molecule has 2 rings (SSSR count). The van der Waals surface area contributed by atoms with Gasteiger partial charge in [-0.25, -0.2) is 0 Å². The summed E-state index contributed by atoms with van der Waals surface area (Å²) >= 11 is 0. The molecule has 0 spiro atoms. The third-order valence-electron chi connectivity index (χ3n) is 2.31. The van der Waals surface area contributed by atoms with Crippen molar-refractivity contribution < 1.29 is 19.1 Å². The van der Waals surface area contributed by atoms with Crippen molar-refractivity contribution in [1.29, 1.82) is 0 Å².